The van der Waals surface area contributed by atoms with Crippen LogP contribution >= 0.6 is 0 Å². The molecule has 0 saturated heterocycles. The molecule has 0 aliphatic carbocycles. The van der Waals surface area contributed by atoms with Gasteiger partial charge in [-0.15, -0.1) is 0 Å². The third kappa shape index (κ3) is 7.25. The second-order valence-electron chi connectivity index (χ2n) is 7.59. The van der Waals surface area contributed by atoms with Crippen molar-refractivity contribution in [1.82, 2.24) is 5.32 Å². The molecule has 0 heterocycles. The molecule has 0 saturated carbocycles. The first-order valence-corrected chi connectivity index (χ1v) is 10.3. The maximum atomic E-state index is 12.6. The van der Waals surface area contributed by atoms with Crippen LogP contribution < -0.4 is 30.6 Å². The van der Waals surface area contributed by atoms with Crippen molar-refractivity contribution in [3.05, 3.63) is 42.0 Å². The van der Waals surface area contributed by atoms with Crippen LogP contribution in [0.1, 0.15) is 38.3 Å². The number of anilines is 2. The Kier molecular flexibility index (Phi) is 9.27. The number of hydrogen-bond acceptors (Lipinski definition) is 6. The van der Waals surface area contributed by atoms with E-state index in [0.717, 1.165) is 12.8 Å². The van der Waals surface area contributed by atoms with Crippen LogP contribution in [0.3, 0.4) is 0 Å². The van der Waals surface area contributed by atoms with E-state index in [2.05, 4.69) is 24.5 Å². The van der Waals surface area contributed by atoms with Gasteiger partial charge in [0.1, 0.15) is 5.75 Å². The second kappa shape index (κ2) is 11.9. The van der Waals surface area contributed by atoms with Crippen molar-refractivity contribution in [1.29, 1.82) is 0 Å². The molecule has 170 valence electrons. The normalized spacial score (nSPS) is 11.7. The molecule has 0 radical (unpaired) electrons. The lowest BCUT2D eigenvalue weighted by Gasteiger charge is -2.20. The van der Waals surface area contributed by atoms with Gasteiger partial charge in [0.2, 0.25) is 0 Å². The summed E-state index contributed by atoms with van der Waals surface area (Å²) in [4.78, 5) is 12.6. The highest BCUT2D eigenvalue weighted by molar-refractivity contribution is 5.90. The van der Waals surface area contributed by atoms with Crippen LogP contribution in [-0.4, -0.2) is 38.6 Å². The lowest BCUT2D eigenvalue weighted by Crippen LogP contribution is -2.34. The molecule has 2 aromatic carbocycles. The maximum Gasteiger partial charge on any atom is 0.319 e. The fourth-order valence-electron chi connectivity index (χ4n) is 3.11. The molecule has 2 aromatic rings. The van der Waals surface area contributed by atoms with E-state index in [4.69, 9.17) is 19.9 Å². The number of methoxy groups -OCH3 is 2. The number of nitrogens with one attached hydrogen (secondary N) is 2. The summed E-state index contributed by atoms with van der Waals surface area (Å²) in [6, 6.07) is 9.03. The van der Waals surface area contributed by atoms with Gasteiger partial charge in [-0.25, -0.2) is 4.79 Å². The number of ether oxygens (including phenoxy) is 3. The van der Waals surface area contributed by atoms with E-state index in [9.17, 15) is 9.90 Å². The Bertz CT molecular complexity index is 857. The number of carbonyl (C=O) groups is 1. The first kappa shape index (κ1) is 24.1. The average molecular weight is 432 g/mol. The quantitative estimate of drug-likeness (QED) is 0.316. The molecule has 1 unspecified atom stereocenters. The molecule has 8 heteroatoms. The molecular weight excluding hydrogens is 398 g/mol. The van der Waals surface area contributed by atoms with Gasteiger partial charge in [-0.1, -0.05) is 13.8 Å². The Morgan fingerprint density at radius 2 is 1.77 bits per heavy atom. The van der Waals surface area contributed by atoms with Crippen LogP contribution in [0.2, 0.25) is 0 Å². The summed E-state index contributed by atoms with van der Waals surface area (Å²) in [6.45, 7) is 4.58. The van der Waals surface area contributed by atoms with E-state index in [-0.39, 0.29) is 6.61 Å². The van der Waals surface area contributed by atoms with Crippen LogP contribution in [0.25, 0.3) is 0 Å². The minimum atomic E-state index is -0.691. The third-order valence-electron chi connectivity index (χ3n) is 4.72. The largest absolute Gasteiger partial charge is 0.496 e. The van der Waals surface area contributed by atoms with Gasteiger partial charge in [-0.2, -0.15) is 0 Å². The Hall–Kier alpha value is -3.13. The van der Waals surface area contributed by atoms with E-state index in [0.29, 0.717) is 46.7 Å². The van der Waals surface area contributed by atoms with Crippen molar-refractivity contribution in [2.24, 2.45) is 5.92 Å². The highest BCUT2D eigenvalue weighted by Gasteiger charge is 2.19. The third-order valence-corrected chi connectivity index (χ3v) is 4.72. The zero-order valence-corrected chi connectivity index (χ0v) is 18.6. The Morgan fingerprint density at radius 3 is 2.42 bits per heavy atom. The predicted octanol–water partition coefficient (Wildman–Crippen LogP) is 3.96. The summed E-state index contributed by atoms with van der Waals surface area (Å²) in [6.07, 6.45) is 2.00. The van der Waals surface area contributed by atoms with E-state index >= 15 is 0 Å². The maximum absolute atomic E-state index is 12.6. The molecule has 1 atom stereocenters. The fourth-order valence-corrected chi connectivity index (χ4v) is 3.11. The summed E-state index contributed by atoms with van der Waals surface area (Å²) in [5.74, 6) is 2.28. The smallest absolute Gasteiger partial charge is 0.319 e. The Balaban J connectivity index is 2.06. The van der Waals surface area contributed by atoms with E-state index in [1.165, 1.54) is 7.11 Å². The van der Waals surface area contributed by atoms with Crippen molar-refractivity contribution in [3.8, 4) is 17.2 Å². The summed E-state index contributed by atoms with van der Waals surface area (Å²) < 4.78 is 16.5. The molecule has 5 N–H and O–H groups in total. The van der Waals surface area contributed by atoms with Gasteiger partial charge in [-0.05, 0) is 49.1 Å². The minimum absolute atomic E-state index is 0.319. The van der Waals surface area contributed by atoms with Crippen LogP contribution in [0.4, 0.5) is 16.2 Å². The molecule has 0 spiro atoms. The predicted molar refractivity (Wildman–Crippen MR) is 122 cm³/mol. The number of hydrogen-bond donors (Lipinski definition) is 4. The fraction of sp³-hybridized carbons (Fsp3) is 0.435. The molecular formula is C23H33N3O5. The number of aliphatic hydroxyl groups is 1. The van der Waals surface area contributed by atoms with Crippen molar-refractivity contribution in [2.45, 2.75) is 32.7 Å². The lowest BCUT2D eigenvalue weighted by atomic mass is 10.1. The highest BCUT2D eigenvalue weighted by Crippen LogP contribution is 2.31. The molecule has 8 nitrogen and oxygen atoms in total. The summed E-state index contributed by atoms with van der Waals surface area (Å²) in [5, 5.41) is 15.3. The van der Waals surface area contributed by atoms with Crippen molar-refractivity contribution < 1.29 is 24.1 Å². The topological polar surface area (TPSA) is 115 Å². The monoisotopic (exact) mass is 431 g/mol. The Morgan fingerprint density at radius 1 is 1.06 bits per heavy atom. The van der Waals surface area contributed by atoms with Gasteiger partial charge in [0, 0.05) is 23.0 Å². The SMILES string of the molecule is COc1ccc(NC(=O)NC(CO)c2cc(N)ccc2OC)cc1OCCCC(C)C. The number of urea groups is 1. The van der Waals surface area contributed by atoms with Crippen LogP contribution in [0, 0.1) is 5.92 Å². The second-order valence-corrected chi connectivity index (χ2v) is 7.59. The molecule has 2 rings (SSSR count). The summed E-state index contributed by atoms with van der Waals surface area (Å²) >= 11 is 0. The van der Waals surface area contributed by atoms with Gasteiger partial charge < -0.3 is 35.7 Å². The van der Waals surface area contributed by atoms with E-state index in [1.807, 2.05) is 0 Å². The van der Waals surface area contributed by atoms with Gasteiger partial charge in [0.15, 0.2) is 11.5 Å². The minimum Gasteiger partial charge on any atom is -0.496 e. The van der Waals surface area contributed by atoms with Gasteiger partial charge in [0.25, 0.3) is 0 Å². The first-order valence-electron chi connectivity index (χ1n) is 10.3. The van der Waals surface area contributed by atoms with Gasteiger partial charge >= 0.3 is 6.03 Å². The lowest BCUT2D eigenvalue weighted by molar-refractivity contribution is 0.224. The molecule has 0 bridgehead atoms. The average Bonchev–Trinajstić information content (AvgIpc) is 2.75. The van der Waals surface area contributed by atoms with Crippen LogP contribution in [0.5, 0.6) is 17.2 Å². The zero-order chi connectivity index (χ0) is 22.8. The number of nitrogens with two attached hydrogens (primary N) is 1. The summed E-state index contributed by atoms with van der Waals surface area (Å²) in [5.41, 5.74) is 7.48. The van der Waals surface area contributed by atoms with Gasteiger partial charge in [0.05, 0.1) is 33.5 Å². The van der Waals surface area contributed by atoms with Crippen molar-refractivity contribution >= 4 is 17.4 Å². The molecule has 0 aromatic heterocycles. The molecule has 2 amide bonds. The van der Waals surface area contributed by atoms with E-state index < -0.39 is 12.1 Å². The standard InChI is InChI=1S/C23H33N3O5/c1-15(2)6-5-11-31-22-13-17(8-10-21(22)30-4)25-23(28)26-19(14-27)18-12-16(24)7-9-20(18)29-3/h7-10,12-13,15,19,27H,5-6,11,14,24H2,1-4H3,(H2,25,26,28). The Labute approximate surface area is 183 Å². The van der Waals surface area contributed by atoms with Crippen molar-refractivity contribution in [2.75, 3.05) is 38.5 Å². The molecule has 0 fully saturated rings. The molecule has 0 aliphatic rings. The molecule has 0 aliphatic heterocycles. The zero-order valence-electron chi connectivity index (χ0n) is 18.6. The number of benzene rings is 2. The number of amides is 2. The van der Waals surface area contributed by atoms with Crippen LogP contribution in [0.15, 0.2) is 36.4 Å². The summed E-state index contributed by atoms with van der Waals surface area (Å²) in [7, 11) is 3.09. The number of aliphatic hydroxyl groups excluding tert-OH is 1. The first-order chi connectivity index (χ1) is 14.9. The van der Waals surface area contributed by atoms with Crippen molar-refractivity contribution in [3.63, 3.8) is 0 Å². The number of carbonyl (C=O) groups excluding carboxylic acids is 1. The van der Waals surface area contributed by atoms with Crippen LogP contribution in [-0.2, 0) is 0 Å². The highest BCUT2D eigenvalue weighted by atomic mass is 16.5. The van der Waals surface area contributed by atoms with Gasteiger partial charge in [-0.3, -0.25) is 0 Å². The number of rotatable bonds is 11. The van der Waals surface area contributed by atoms with E-state index in [1.54, 1.807) is 43.5 Å². The number of nitrogen functional groups attached to an aromatic ring is 1. The molecule has 31 heavy (non-hydrogen) atoms.